The van der Waals surface area contributed by atoms with Crippen molar-refractivity contribution in [3.8, 4) is 17.0 Å². The summed E-state index contributed by atoms with van der Waals surface area (Å²) in [5.74, 6) is 0.235. The van der Waals surface area contributed by atoms with Crippen LogP contribution in [-0.2, 0) is 0 Å². The van der Waals surface area contributed by atoms with Crippen molar-refractivity contribution in [1.82, 2.24) is 10.2 Å². The van der Waals surface area contributed by atoms with E-state index in [-0.39, 0.29) is 5.75 Å². The molecule has 1 aromatic heterocycles. The number of halogens is 1. The van der Waals surface area contributed by atoms with Crippen LogP contribution >= 0.6 is 11.6 Å². The summed E-state index contributed by atoms with van der Waals surface area (Å²) in [4.78, 5) is 0. The molecule has 76 valence electrons. The molecule has 0 aliphatic rings. The van der Waals surface area contributed by atoms with Gasteiger partial charge in [-0.3, -0.25) is 0 Å². The third-order valence-corrected chi connectivity index (χ3v) is 2.28. The second kappa shape index (κ2) is 3.87. The predicted octanol–water partition coefficient (Wildman–Crippen LogP) is 2.81. The monoisotopic (exact) mass is 220 g/mol. The fourth-order valence-electron chi connectivity index (χ4n) is 1.36. The molecule has 0 spiro atoms. The van der Waals surface area contributed by atoms with Crippen LogP contribution in [0.5, 0.6) is 5.75 Å². The summed E-state index contributed by atoms with van der Waals surface area (Å²) < 4.78 is 0. The summed E-state index contributed by atoms with van der Waals surface area (Å²) in [6.07, 6.45) is 0. The second-order valence-electron chi connectivity index (χ2n) is 3.25. The highest BCUT2D eigenvalue weighted by molar-refractivity contribution is 6.29. The minimum absolute atomic E-state index is 0.235. The highest BCUT2D eigenvalue weighted by Gasteiger charge is 2.04. The Morgan fingerprint density at radius 1 is 1.13 bits per heavy atom. The zero-order valence-corrected chi connectivity index (χ0v) is 8.86. The topological polar surface area (TPSA) is 46.0 Å². The van der Waals surface area contributed by atoms with E-state index in [0.29, 0.717) is 5.15 Å². The first-order valence-corrected chi connectivity index (χ1v) is 4.84. The van der Waals surface area contributed by atoms with E-state index >= 15 is 0 Å². The standard InChI is InChI=1S/C11H9ClN2O/c1-7-6-10(12)13-14-11(7)8-2-4-9(15)5-3-8/h2-6,15H,1H3. The van der Waals surface area contributed by atoms with Crippen molar-refractivity contribution >= 4 is 11.6 Å². The number of phenols is 1. The summed E-state index contributed by atoms with van der Waals surface area (Å²) in [7, 11) is 0. The number of hydrogen-bond acceptors (Lipinski definition) is 3. The van der Waals surface area contributed by atoms with Crippen LogP contribution in [0.15, 0.2) is 30.3 Å². The summed E-state index contributed by atoms with van der Waals surface area (Å²) in [5, 5.41) is 17.3. The Hall–Kier alpha value is -1.61. The molecule has 1 heterocycles. The van der Waals surface area contributed by atoms with Crippen LogP contribution in [0.4, 0.5) is 0 Å². The molecule has 15 heavy (non-hydrogen) atoms. The lowest BCUT2D eigenvalue weighted by Gasteiger charge is -2.03. The summed E-state index contributed by atoms with van der Waals surface area (Å²) in [6, 6.07) is 8.58. The van der Waals surface area contributed by atoms with Crippen molar-refractivity contribution in [2.24, 2.45) is 0 Å². The van der Waals surface area contributed by atoms with E-state index < -0.39 is 0 Å². The summed E-state index contributed by atoms with van der Waals surface area (Å²) in [5.41, 5.74) is 2.65. The predicted molar refractivity (Wildman–Crippen MR) is 58.9 cm³/mol. The number of nitrogens with zero attached hydrogens (tertiary/aromatic N) is 2. The lowest BCUT2D eigenvalue weighted by atomic mass is 10.1. The fourth-order valence-corrected chi connectivity index (χ4v) is 1.56. The molecule has 0 saturated carbocycles. The van der Waals surface area contributed by atoms with Gasteiger partial charge in [0.25, 0.3) is 0 Å². The van der Waals surface area contributed by atoms with E-state index in [1.807, 2.05) is 6.92 Å². The van der Waals surface area contributed by atoms with Gasteiger partial charge < -0.3 is 5.11 Å². The Morgan fingerprint density at radius 3 is 2.40 bits per heavy atom. The Bertz CT molecular complexity index is 482. The fraction of sp³-hybridized carbons (Fsp3) is 0.0909. The molecule has 0 bridgehead atoms. The van der Waals surface area contributed by atoms with Crippen LogP contribution in [0, 0.1) is 6.92 Å². The molecule has 0 amide bonds. The van der Waals surface area contributed by atoms with Crippen molar-refractivity contribution in [2.45, 2.75) is 6.92 Å². The molecule has 0 saturated heterocycles. The third kappa shape index (κ3) is 2.07. The van der Waals surface area contributed by atoms with Gasteiger partial charge in [0.15, 0.2) is 5.15 Å². The first-order valence-electron chi connectivity index (χ1n) is 4.46. The lowest BCUT2D eigenvalue weighted by molar-refractivity contribution is 0.475. The van der Waals surface area contributed by atoms with Gasteiger partial charge in [0.05, 0.1) is 5.69 Å². The number of hydrogen-bond donors (Lipinski definition) is 1. The van der Waals surface area contributed by atoms with Crippen molar-refractivity contribution in [1.29, 1.82) is 0 Å². The molecule has 0 aliphatic carbocycles. The maximum absolute atomic E-state index is 9.16. The van der Waals surface area contributed by atoms with Gasteiger partial charge in [0.2, 0.25) is 0 Å². The molecule has 0 radical (unpaired) electrons. The maximum Gasteiger partial charge on any atom is 0.152 e. The summed E-state index contributed by atoms with van der Waals surface area (Å²) >= 11 is 5.72. The van der Waals surface area contributed by atoms with E-state index in [2.05, 4.69) is 10.2 Å². The van der Waals surface area contributed by atoms with Gasteiger partial charge in [-0.25, -0.2) is 0 Å². The summed E-state index contributed by atoms with van der Waals surface area (Å²) in [6.45, 7) is 1.92. The van der Waals surface area contributed by atoms with Gasteiger partial charge in [0.1, 0.15) is 5.75 Å². The average molecular weight is 221 g/mol. The van der Waals surface area contributed by atoms with Gasteiger partial charge in [-0.05, 0) is 42.8 Å². The highest BCUT2D eigenvalue weighted by atomic mass is 35.5. The second-order valence-corrected chi connectivity index (χ2v) is 3.63. The van der Waals surface area contributed by atoms with E-state index in [1.54, 1.807) is 30.3 Å². The van der Waals surface area contributed by atoms with E-state index in [4.69, 9.17) is 16.7 Å². The maximum atomic E-state index is 9.16. The van der Waals surface area contributed by atoms with Crippen LogP contribution in [-0.4, -0.2) is 15.3 Å². The van der Waals surface area contributed by atoms with Crippen molar-refractivity contribution in [2.75, 3.05) is 0 Å². The molecule has 2 rings (SSSR count). The van der Waals surface area contributed by atoms with Crippen LogP contribution in [0.2, 0.25) is 5.15 Å². The minimum atomic E-state index is 0.235. The number of aryl methyl sites for hydroxylation is 1. The smallest absolute Gasteiger partial charge is 0.152 e. The van der Waals surface area contributed by atoms with Crippen molar-refractivity contribution in [3.05, 3.63) is 41.0 Å². The molecule has 1 aromatic carbocycles. The third-order valence-electron chi connectivity index (χ3n) is 2.10. The Kier molecular flexibility index (Phi) is 2.56. The molecule has 0 fully saturated rings. The molecule has 4 heteroatoms. The first kappa shape index (κ1) is 9.93. The molecule has 0 aliphatic heterocycles. The van der Waals surface area contributed by atoms with Gasteiger partial charge in [-0.2, -0.15) is 0 Å². The van der Waals surface area contributed by atoms with Gasteiger partial charge in [-0.15, -0.1) is 10.2 Å². The Morgan fingerprint density at radius 2 is 1.80 bits per heavy atom. The quantitative estimate of drug-likeness (QED) is 0.804. The van der Waals surface area contributed by atoms with Crippen LogP contribution in [0.25, 0.3) is 11.3 Å². The highest BCUT2D eigenvalue weighted by Crippen LogP contribution is 2.23. The SMILES string of the molecule is Cc1cc(Cl)nnc1-c1ccc(O)cc1. The lowest BCUT2D eigenvalue weighted by Crippen LogP contribution is -1.91. The van der Waals surface area contributed by atoms with Crippen LogP contribution < -0.4 is 0 Å². The first-order chi connectivity index (χ1) is 7.16. The molecular weight excluding hydrogens is 212 g/mol. The van der Waals surface area contributed by atoms with Gasteiger partial charge in [0, 0.05) is 5.56 Å². The number of benzene rings is 1. The van der Waals surface area contributed by atoms with Crippen LogP contribution in [0.3, 0.4) is 0 Å². The molecule has 0 atom stereocenters. The normalized spacial score (nSPS) is 10.3. The molecule has 2 aromatic rings. The zero-order valence-electron chi connectivity index (χ0n) is 8.11. The Balaban J connectivity index is 2.49. The molecular formula is C11H9ClN2O. The average Bonchev–Trinajstić information content (AvgIpc) is 2.20. The zero-order chi connectivity index (χ0) is 10.8. The number of aromatic hydroxyl groups is 1. The largest absolute Gasteiger partial charge is 0.508 e. The molecule has 1 N–H and O–H groups in total. The number of aromatic nitrogens is 2. The van der Waals surface area contributed by atoms with E-state index in [0.717, 1.165) is 16.8 Å². The van der Waals surface area contributed by atoms with Crippen molar-refractivity contribution < 1.29 is 5.11 Å². The van der Waals surface area contributed by atoms with Gasteiger partial charge in [-0.1, -0.05) is 11.6 Å². The Labute approximate surface area is 92.4 Å². The van der Waals surface area contributed by atoms with E-state index in [1.165, 1.54) is 0 Å². The van der Waals surface area contributed by atoms with Gasteiger partial charge >= 0.3 is 0 Å². The molecule has 0 unspecified atom stereocenters. The minimum Gasteiger partial charge on any atom is -0.508 e. The molecule has 3 nitrogen and oxygen atoms in total. The van der Waals surface area contributed by atoms with E-state index in [9.17, 15) is 0 Å². The number of rotatable bonds is 1. The van der Waals surface area contributed by atoms with Crippen LogP contribution in [0.1, 0.15) is 5.56 Å². The number of phenolic OH excluding ortho intramolecular Hbond substituents is 1. The van der Waals surface area contributed by atoms with Crippen molar-refractivity contribution in [3.63, 3.8) is 0 Å².